The second-order valence-electron chi connectivity index (χ2n) is 7.15. The number of fused-ring (bicyclic) bond motifs is 2. The van der Waals surface area contributed by atoms with Crippen molar-refractivity contribution in [2.45, 2.75) is 24.4 Å². The summed E-state index contributed by atoms with van der Waals surface area (Å²) in [7, 11) is 0. The van der Waals surface area contributed by atoms with Gasteiger partial charge in [-0.15, -0.1) is 0 Å². The summed E-state index contributed by atoms with van der Waals surface area (Å²) in [6.07, 6.45) is -1.70. The number of nitrogens with one attached hydrogen (secondary N) is 1. The minimum Gasteiger partial charge on any atom is -0.491 e. The van der Waals surface area contributed by atoms with Crippen LogP contribution in [0, 0.1) is 0 Å². The third-order valence-corrected chi connectivity index (χ3v) is 5.43. The van der Waals surface area contributed by atoms with E-state index < -0.39 is 6.10 Å². The number of hydrogen-bond acceptors (Lipinski definition) is 8. The van der Waals surface area contributed by atoms with Crippen LogP contribution in [-0.2, 0) is 9.47 Å². The van der Waals surface area contributed by atoms with Crippen molar-refractivity contribution in [3.8, 4) is 23.0 Å². The van der Waals surface area contributed by atoms with Gasteiger partial charge in [0.1, 0.15) is 30.7 Å². The van der Waals surface area contributed by atoms with Gasteiger partial charge in [0.05, 0.1) is 36.1 Å². The molecule has 1 aromatic carbocycles. The highest BCUT2D eigenvalue weighted by molar-refractivity contribution is 6.33. The molecule has 0 amide bonds. The molecule has 2 fully saturated rings. The van der Waals surface area contributed by atoms with Gasteiger partial charge in [0.25, 0.3) is 6.01 Å². The molecule has 0 saturated carbocycles. The lowest BCUT2D eigenvalue weighted by Gasteiger charge is -2.15. The zero-order valence-corrected chi connectivity index (χ0v) is 16.6. The molecule has 30 heavy (non-hydrogen) atoms. The maximum absolute atomic E-state index is 9.85. The van der Waals surface area contributed by atoms with Crippen LogP contribution in [0.25, 0.3) is 22.4 Å². The van der Waals surface area contributed by atoms with E-state index in [0.29, 0.717) is 34.2 Å². The van der Waals surface area contributed by atoms with E-state index in [4.69, 9.17) is 35.7 Å². The number of aliphatic hydroxyl groups excluding tert-OH is 2. The number of benzene rings is 1. The Morgan fingerprint density at radius 3 is 2.73 bits per heavy atom. The lowest BCUT2D eigenvalue weighted by atomic mass is 10.1. The molecule has 9 nitrogen and oxygen atoms in total. The van der Waals surface area contributed by atoms with E-state index >= 15 is 0 Å². The van der Waals surface area contributed by atoms with E-state index in [0.717, 1.165) is 5.56 Å². The summed E-state index contributed by atoms with van der Waals surface area (Å²) in [4.78, 5) is 12.1. The Kier molecular flexibility index (Phi) is 5.21. The van der Waals surface area contributed by atoms with Crippen LogP contribution >= 0.6 is 11.6 Å². The molecule has 2 aliphatic heterocycles. The molecule has 4 heterocycles. The quantitative estimate of drug-likeness (QED) is 0.536. The van der Waals surface area contributed by atoms with E-state index in [1.807, 2.05) is 12.1 Å². The number of aromatic amines is 1. The fraction of sp³-hybridized carbons (Fsp3) is 0.400. The molecule has 158 valence electrons. The predicted molar refractivity (Wildman–Crippen MR) is 107 cm³/mol. The van der Waals surface area contributed by atoms with E-state index in [9.17, 15) is 5.11 Å². The molecule has 2 unspecified atom stereocenters. The van der Waals surface area contributed by atoms with Crippen molar-refractivity contribution in [2.24, 2.45) is 0 Å². The van der Waals surface area contributed by atoms with Crippen LogP contribution in [0.1, 0.15) is 0 Å². The number of halogens is 1. The summed E-state index contributed by atoms with van der Waals surface area (Å²) >= 11 is 6.45. The number of pyridine rings is 1. The van der Waals surface area contributed by atoms with Crippen LogP contribution in [0.4, 0.5) is 0 Å². The van der Waals surface area contributed by atoms with Crippen molar-refractivity contribution in [1.82, 2.24) is 15.0 Å². The van der Waals surface area contributed by atoms with Crippen LogP contribution < -0.4 is 9.47 Å². The minimum atomic E-state index is -0.636. The number of nitrogens with zero attached hydrogens (tertiary/aromatic N) is 2. The molecule has 0 spiro atoms. The highest BCUT2D eigenvalue weighted by Gasteiger charge is 2.48. The van der Waals surface area contributed by atoms with E-state index in [2.05, 4.69) is 15.0 Å². The van der Waals surface area contributed by atoms with Crippen LogP contribution in [-0.4, -0.2) is 76.0 Å². The van der Waals surface area contributed by atoms with Gasteiger partial charge < -0.3 is 34.1 Å². The lowest BCUT2D eigenvalue weighted by molar-refractivity contribution is 0.00706. The highest BCUT2D eigenvalue weighted by atomic mass is 35.5. The van der Waals surface area contributed by atoms with Gasteiger partial charge in [0.15, 0.2) is 11.8 Å². The number of ether oxygens (including phenoxy) is 4. The highest BCUT2D eigenvalue weighted by Crippen LogP contribution is 2.32. The largest absolute Gasteiger partial charge is 0.491 e. The van der Waals surface area contributed by atoms with Gasteiger partial charge >= 0.3 is 0 Å². The first-order valence-corrected chi connectivity index (χ1v) is 9.98. The van der Waals surface area contributed by atoms with Crippen LogP contribution in [0.2, 0.25) is 5.02 Å². The maximum atomic E-state index is 9.85. The molecule has 2 saturated heterocycles. The zero-order chi connectivity index (χ0) is 20.7. The molecule has 5 rings (SSSR count). The first-order valence-electron chi connectivity index (χ1n) is 9.60. The van der Waals surface area contributed by atoms with E-state index in [1.165, 1.54) is 0 Å². The fourth-order valence-electron chi connectivity index (χ4n) is 3.71. The number of imidazole rings is 1. The first-order chi connectivity index (χ1) is 14.6. The van der Waals surface area contributed by atoms with Gasteiger partial charge in [0.2, 0.25) is 0 Å². The van der Waals surface area contributed by atoms with Crippen molar-refractivity contribution in [1.29, 1.82) is 0 Å². The summed E-state index contributed by atoms with van der Waals surface area (Å²) in [5.41, 5.74) is 2.50. The molecule has 0 bridgehead atoms. The molecule has 0 radical (unpaired) electrons. The summed E-state index contributed by atoms with van der Waals surface area (Å²) in [6.45, 7) is 0.738. The summed E-state index contributed by atoms with van der Waals surface area (Å²) in [5, 5.41) is 19.2. The van der Waals surface area contributed by atoms with Crippen LogP contribution in [0.3, 0.4) is 0 Å². The van der Waals surface area contributed by atoms with Gasteiger partial charge in [-0.3, -0.25) is 0 Å². The molecule has 3 N–H and O–H groups in total. The number of aromatic nitrogens is 3. The van der Waals surface area contributed by atoms with Crippen LogP contribution in [0.5, 0.6) is 11.8 Å². The van der Waals surface area contributed by atoms with Crippen molar-refractivity contribution < 1.29 is 29.2 Å². The number of hydrogen-bond donors (Lipinski definition) is 3. The van der Waals surface area contributed by atoms with Crippen molar-refractivity contribution in [3.05, 3.63) is 35.4 Å². The monoisotopic (exact) mass is 433 g/mol. The molecule has 10 heteroatoms. The summed E-state index contributed by atoms with van der Waals surface area (Å²) < 4.78 is 22.4. The second-order valence-corrected chi connectivity index (χ2v) is 7.56. The van der Waals surface area contributed by atoms with Crippen molar-refractivity contribution in [2.75, 3.05) is 26.4 Å². The Balaban J connectivity index is 1.37. The number of aliphatic hydroxyl groups is 2. The number of rotatable bonds is 6. The minimum absolute atomic E-state index is 0.0452. The van der Waals surface area contributed by atoms with Crippen LogP contribution in [0.15, 0.2) is 30.3 Å². The van der Waals surface area contributed by atoms with Gasteiger partial charge in [-0.05, 0) is 30.3 Å². The lowest BCUT2D eigenvalue weighted by Crippen LogP contribution is -2.34. The maximum Gasteiger partial charge on any atom is 0.296 e. The molecule has 2 aromatic heterocycles. The van der Waals surface area contributed by atoms with E-state index in [1.54, 1.807) is 18.2 Å². The Hall–Kier alpha value is -2.43. The third-order valence-electron chi connectivity index (χ3n) is 5.14. The van der Waals surface area contributed by atoms with Crippen molar-refractivity contribution >= 4 is 22.8 Å². The fourth-order valence-corrected chi connectivity index (χ4v) is 3.98. The number of H-pyrrole nitrogens is 1. The Labute approximate surface area is 176 Å². The van der Waals surface area contributed by atoms with Gasteiger partial charge in [-0.25, -0.2) is 4.98 Å². The van der Waals surface area contributed by atoms with Gasteiger partial charge in [-0.1, -0.05) is 11.6 Å². The zero-order valence-electron chi connectivity index (χ0n) is 15.8. The molecule has 4 atom stereocenters. The Morgan fingerprint density at radius 1 is 1.13 bits per heavy atom. The normalized spacial score (nSPS) is 25.6. The van der Waals surface area contributed by atoms with E-state index in [-0.39, 0.29) is 44.1 Å². The molecular weight excluding hydrogens is 414 g/mol. The molecule has 3 aromatic rings. The standard InChI is InChI=1S/C20H20ClN3O6/c21-12-7-13-19(23-16(12)10-1-3-11(4-2-10)27-6-5-25)24-20(22-13)30-15-9-29-17-14(26)8-28-18(15)17/h1-4,7,14-15,17-18,25-26H,5-6,8-9H2,(H,22,23,24)/t14-,15-,17?,18?/m1/s1. The Bertz CT molecular complexity index is 1040. The van der Waals surface area contributed by atoms with Gasteiger partial charge in [-0.2, -0.15) is 4.98 Å². The molecule has 0 aliphatic carbocycles. The smallest absolute Gasteiger partial charge is 0.296 e. The average Bonchev–Trinajstić information content (AvgIpc) is 3.43. The topological polar surface area (TPSA) is 119 Å². The summed E-state index contributed by atoms with van der Waals surface area (Å²) in [5.74, 6) is 0.650. The summed E-state index contributed by atoms with van der Waals surface area (Å²) in [6, 6.07) is 9.31. The van der Waals surface area contributed by atoms with Gasteiger partial charge in [0, 0.05) is 5.56 Å². The molecule has 2 aliphatic rings. The predicted octanol–water partition coefficient (Wildman–Crippen LogP) is 1.56. The SMILES string of the molecule is OCCOc1ccc(-c2nc3nc(O[C@@H]4COC5C4OC[C@H]5O)[nH]c3cc2Cl)cc1. The van der Waals surface area contributed by atoms with Crippen molar-refractivity contribution in [3.63, 3.8) is 0 Å². The average molecular weight is 434 g/mol. The third kappa shape index (κ3) is 3.59. The Morgan fingerprint density at radius 2 is 1.93 bits per heavy atom. The first kappa shape index (κ1) is 19.5. The second kappa shape index (κ2) is 8.01. The molecular formula is C20H20ClN3O6.